The highest BCUT2D eigenvalue weighted by Crippen LogP contribution is 2.33. The van der Waals surface area contributed by atoms with Crippen LogP contribution in [0.5, 0.6) is 11.5 Å². The van der Waals surface area contributed by atoms with Crippen LogP contribution in [0, 0.1) is 5.92 Å². The van der Waals surface area contributed by atoms with Gasteiger partial charge in [-0.05, 0) is 47.9 Å². The lowest BCUT2D eigenvalue weighted by molar-refractivity contribution is -0.137. The van der Waals surface area contributed by atoms with Crippen molar-refractivity contribution in [1.29, 1.82) is 0 Å². The number of nitrogens with zero attached hydrogens (tertiary/aromatic N) is 1. The molecule has 2 N–H and O–H groups in total. The fraction of sp³-hybridized carbons (Fsp3) is 0.429. The Morgan fingerprint density at radius 1 is 0.744 bits per heavy atom. The summed E-state index contributed by atoms with van der Waals surface area (Å²) < 4.78 is 10.8. The van der Waals surface area contributed by atoms with Crippen LogP contribution in [0.3, 0.4) is 0 Å². The number of pyridine rings is 1. The summed E-state index contributed by atoms with van der Waals surface area (Å²) in [6.07, 6.45) is 1.38. The summed E-state index contributed by atoms with van der Waals surface area (Å²) in [7, 11) is 1.41. The van der Waals surface area contributed by atoms with Gasteiger partial charge in [-0.3, -0.25) is 14.4 Å². The van der Waals surface area contributed by atoms with Crippen LogP contribution in [0.2, 0.25) is 0 Å². The second kappa shape index (κ2) is 14.8. The highest BCUT2D eigenvalue weighted by atomic mass is 16.6. The largest absolute Gasteiger partial charge is 0.493 e. The van der Waals surface area contributed by atoms with Crippen LogP contribution >= 0.6 is 0 Å². The summed E-state index contributed by atoms with van der Waals surface area (Å²) in [5.41, 5.74) is 4.51. The number of esters is 1. The Bertz CT molecular complexity index is 1380. The Hall–Kier alpha value is -4.20. The third-order valence-corrected chi connectivity index (χ3v) is 7.46. The predicted molar refractivity (Wildman–Crippen MR) is 169 cm³/mol. The fourth-order valence-electron chi connectivity index (χ4n) is 4.83. The summed E-state index contributed by atoms with van der Waals surface area (Å²) in [5.74, 6) is -1.27. The van der Waals surface area contributed by atoms with Crippen LogP contribution in [0.15, 0.2) is 60.8 Å². The van der Waals surface area contributed by atoms with Crippen molar-refractivity contribution in [3.8, 4) is 11.5 Å². The van der Waals surface area contributed by atoms with E-state index in [1.807, 2.05) is 6.92 Å². The molecule has 0 saturated carbocycles. The van der Waals surface area contributed by atoms with Gasteiger partial charge in [-0.1, -0.05) is 90.1 Å². The highest BCUT2D eigenvalue weighted by molar-refractivity contribution is 5.99. The number of hydrogen-bond donors (Lipinski definition) is 2. The molecule has 2 amide bonds. The first-order valence-electron chi connectivity index (χ1n) is 14.9. The lowest BCUT2D eigenvalue weighted by atomic mass is 9.83. The molecule has 1 heterocycles. The second-order valence-corrected chi connectivity index (χ2v) is 11.9. The van der Waals surface area contributed by atoms with Crippen LogP contribution in [0.1, 0.15) is 106 Å². The number of benzene rings is 2. The van der Waals surface area contributed by atoms with Crippen molar-refractivity contribution in [3.05, 3.63) is 88.7 Å². The molecule has 0 aliphatic heterocycles. The van der Waals surface area contributed by atoms with Gasteiger partial charge in [-0.2, -0.15) is 0 Å². The zero-order valence-electron chi connectivity index (χ0n) is 26.7. The number of methoxy groups -OCH3 is 1. The molecular weight excluding hydrogens is 542 g/mol. The monoisotopic (exact) mass is 587 g/mol. The predicted octanol–water partition coefficient (Wildman–Crippen LogP) is 6.35. The minimum Gasteiger partial charge on any atom is -0.493 e. The van der Waals surface area contributed by atoms with Crippen molar-refractivity contribution in [1.82, 2.24) is 15.6 Å². The molecule has 3 aromatic rings. The standard InChI is InChI=1S/C35H45N3O5/c1-20(2)25-12-10-14-27(18-25)30(28-15-11-13-26(19-28)21(3)4)23(7)37-33(39)24(8)38-34(40)31-32(43-35(41)22(5)6)29(42-9)16-17-36-31/h10-24,30H,1-9H3,(H,37,39)(H,38,40)/t23-,24-/m0/s1. The third-order valence-electron chi connectivity index (χ3n) is 7.46. The highest BCUT2D eigenvalue weighted by Gasteiger charge is 2.28. The van der Waals surface area contributed by atoms with Gasteiger partial charge in [0.05, 0.1) is 13.0 Å². The SMILES string of the molecule is COc1ccnc(C(=O)N[C@@H](C)C(=O)N[C@@H](C)C(c2cccc(C(C)C)c2)c2cccc(C(C)C)c2)c1OC(=O)C(C)C. The van der Waals surface area contributed by atoms with Gasteiger partial charge in [0.1, 0.15) is 6.04 Å². The number of carbonyl (C=O) groups excluding carboxylic acids is 3. The molecule has 8 heteroatoms. The molecule has 0 unspecified atom stereocenters. The van der Waals surface area contributed by atoms with Crippen molar-refractivity contribution in [3.63, 3.8) is 0 Å². The van der Waals surface area contributed by atoms with E-state index in [9.17, 15) is 14.4 Å². The quantitative estimate of drug-likeness (QED) is 0.239. The molecule has 0 aliphatic carbocycles. The molecule has 0 bridgehead atoms. The lowest BCUT2D eigenvalue weighted by Crippen LogP contribution is -2.49. The number of amides is 2. The zero-order valence-corrected chi connectivity index (χ0v) is 26.7. The normalized spacial score (nSPS) is 12.8. The molecule has 8 nitrogen and oxygen atoms in total. The number of rotatable bonds is 12. The van der Waals surface area contributed by atoms with Crippen LogP contribution in [0.25, 0.3) is 0 Å². The number of hydrogen-bond acceptors (Lipinski definition) is 6. The maximum atomic E-state index is 13.5. The molecule has 2 aromatic carbocycles. The molecule has 230 valence electrons. The first kappa shape index (κ1) is 33.3. The average molecular weight is 588 g/mol. The van der Waals surface area contributed by atoms with Crippen molar-refractivity contribution in [2.24, 2.45) is 5.92 Å². The van der Waals surface area contributed by atoms with E-state index in [2.05, 4.69) is 91.8 Å². The van der Waals surface area contributed by atoms with Gasteiger partial charge in [-0.25, -0.2) is 4.98 Å². The smallest absolute Gasteiger partial charge is 0.313 e. The van der Waals surface area contributed by atoms with Gasteiger partial charge in [0.25, 0.3) is 5.91 Å². The summed E-state index contributed by atoms with van der Waals surface area (Å²) in [4.78, 5) is 43.2. The Morgan fingerprint density at radius 2 is 1.28 bits per heavy atom. The van der Waals surface area contributed by atoms with E-state index >= 15 is 0 Å². The fourth-order valence-corrected chi connectivity index (χ4v) is 4.83. The van der Waals surface area contributed by atoms with Crippen LogP contribution in [-0.2, 0) is 9.59 Å². The van der Waals surface area contributed by atoms with E-state index in [1.54, 1.807) is 20.8 Å². The first-order valence-corrected chi connectivity index (χ1v) is 14.9. The van der Waals surface area contributed by atoms with Gasteiger partial charge in [0.2, 0.25) is 11.7 Å². The van der Waals surface area contributed by atoms with Crippen LogP contribution in [-0.4, -0.2) is 42.0 Å². The van der Waals surface area contributed by atoms with E-state index < -0.39 is 23.8 Å². The minimum atomic E-state index is -0.902. The van der Waals surface area contributed by atoms with E-state index in [1.165, 1.54) is 30.5 Å². The number of nitrogens with one attached hydrogen (secondary N) is 2. The third kappa shape index (κ3) is 8.43. The summed E-state index contributed by atoms with van der Waals surface area (Å²) in [6, 6.07) is 17.3. The Labute approximate surface area is 255 Å². The van der Waals surface area contributed by atoms with Crippen molar-refractivity contribution in [2.45, 2.75) is 85.2 Å². The van der Waals surface area contributed by atoms with Gasteiger partial charge >= 0.3 is 5.97 Å². The lowest BCUT2D eigenvalue weighted by Gasteiger charge is -2.28. The van der Waals surface area contributed by atoms with Crippen LogP contribution in [0.4, 0.5) is 0 Å². The number of carbonyl (C=O) groups is 3. The van der Waals surface area contributed by atoms with E-state index in [0.29, 0.717) is 11.8 Å². The molecule has 2 atom stereocenters. The molecular formula is C35H45N3O5. The number of ether oxygens (including phenoxy) is 2. The van der Waals surface area contributed by atoms with Gasteiger partial charge in [-0.15, -0.1) is 0 Å². The maximum Gasteiger partial charge on any atom is 0.313 e. The van der Waals surface area contributed by atoms with Gasteiger partial charge in [0.15, 0.2) is 11.4 Å². The Balaban J connectivity index is 1.86. The van der Waals surface area contributed by atoms with Crippen molar-refractivity contribution >= 4 is 17.8 Å². The molecule has 0 spiro atoms. The Kier molecular flexibility index (Phi) is 11.5. The second-order valence-electron chi connectivity index (χ2n) is 11.9. The van der Waals surface area contributed by atoms with E-state index in [-0.39, 0.29) is 35.1 Å². The number of aromatic nitrogens is 1. The first-order chi connectivity index (χ1) is 20.3. The van der Waals surface area contributed by atoms with Gasteiger partial charge in [0, 0.05) is 24.2 Å². The van der Waals surface area contributed by atoms with E-state index in [4.69, 9.17) is 9.47 Å². The molecule has 0 radical (unpaired) electrons. The summed E-state index contributed by atoms with van der Waals surface area (Å²) >= 11 is 0. The summed E-state index contributed by atoms with van der Waals surface area (Å²) in [6.45, 7) is 15.6. The topological polar surface area (TPSA) is 107 Å². The van der Waals surface area contributed by atoms with Crippen molar-refractivity contribution < 1.29 is 23.9 Å². The van der Waals surface area contributed by atoms with Crippen LogP contribution < -0.4 is 20.1 Å². The zero-order chi connectivity index (χ0) is 31.8. The maximum absolute atomic E-state index is 13.5. The molecule has 3 rings (SSSR count). The minimum absolute atomic E-state index is 0.0858. The molecule has 0 fully saturated rings. The van der Waals surface area contributed by atoms with Crippen molar-refractivity contribution in [2.75, 3.05) is 7.11 Å². The average Bonchev–Trinajstić information content (AvgIpc) is 2.97. The molecule has 0 saturated heterocycles. The summed E-state index contributed by atoms with van der Waals surface area (Å²) in [5, 5.41) is 5.83. The van der Waals surface area contributed by atoms with E-state index in [0.717, 1.165) is 11.1 Å². The molecule has 0 aliphatic rings. The molecule has 43 heavy (non-hydrogen) atoms. The Morgan fingerprint density at radius 3 is 1.77 bits per heavy atom. The van der Waals surface area contributed by atoms with Gasteiger partial charge < -0.3 is 20.1 Å². The molecule has 1 aromatic heterocycles.